The van der Waals surface area contributed by atoms with E-state index < -0.39 is 5.82 Å². The minimum atomic E-state index is -0.627. The van der Waals surface area contributed by atoms with Gasteiger partial charge in [-0.2, -0.15) is 0 Å². The van der Waals surface area contributed by atoms with Crippen LogP contribution in [-0.4, -0.2) is 22.5 Å². The molecule has 3 rings (SSSR count). The van der Waals surface area contributed by atoms with Crippen molar-refractivity contribution in [1.29, 1.82) is 0 Å². The number of phenolic OH excluding ortho intramolecular Hbond substituents is 1. The standard InChI is InChI=1S/C16H16FN3O/c17-13-8-12(6-7-15(13)21)14-9-19-16(18)20(14)10-11-4-2-1-3-5-11/h1-8,14,21H,9-10H2,(H2,18,19). The Labute approximate surface area is 122 Å². The molecule has 0 amide bonds. The van der Waals surface area contributed by atoms with Crippen LogP contribution < -0.4 is 5.73 Å². The number of aromatic hydroxyl groups is 1. The maximum Gasteiger partial charge on any atom is 0.192 e. The maximum absolute atomic E-state index is 13.5. The van der Waals surface area contributed by atoms with Gasteiger partial charge in [-0.25, -0.2) is 4.39 Å². The molecule has 0 bridgehead atoms. The van der Waals surface area contributed by atoms with Crippen molar-refractivity contribution in [3.8, 4) is 5.75 Å². The molecule has 0 saturated heterocycles. The van der Waals surface area contributed by atoms with Crippen LogP contribution in [-0.2, 0) is 6.54 Å². The van der Waals surface area contributed by atoms with Crippen molar-refractivity contribution in [2.75, 3.05) is 6.54 Å². The van der Waals surface area contributed by atoms with Crippen molar-refractivity contribution in [2.45, 2.75) is 12.6 Å². The van der Waals surface area contributed by atoms with E-state index in [1.807, 2.05) is 35.2 Å². The highest BCUT2D eigenvalue weighted by molar-refractivity contribution is 5.80. The molecule has 1 aliphatic rings. The van der Waals surface area contributed by atoms with Gasteiger partial charge in [0.05, 0.1) is 12.6 Å². The quantitative estimate of drug-likeness (QED) is 0.910. The van der Waals surface area contributed by atoms with E-state index in [4.69, 9.17) is 5.73 Å². The largest absolute Gasteiger partial charge is 0.505 e. The number of hydrogen-bond donors (Lipinski definition) is 2. The van der Waals surface area contributed by atoms with Gasteiger partial charge in [-0.15, -0.1) is 0 Å². The van der Waals surface area contributed by atoms with Crippen LogP contribution in [0.2, 0.25) is 0 Å². The predicted octanol–water partition coefficient (Wildman–Crippen LogP) is 2.40. The first-order valence-electron chi connectivity index (χ1n) is 6.74. The van der Waals surface area contributed by atoms with Crippen LogP contribution in [0.1, 0.15) is 17.2 Å². The van der Waals surface area contributed by atoms with Crippen LogP contribution in [0, 0.1) is 5.82 Å². The van der Waals surface area contributed by atoms with Gasteiger partial charge >= 0.3 is 0 Å². The van der Waals surface area contributed by atoms with Gasteiger partial charge in [-0.05, 0) is 23.3 Å². The average molecular weight is 285 g/mol. The van der Waals surface area contributed by atoms with E-state index in [9.17, 15) is 9.50 Å². The van der Waals surface area contributed by atoms with E-state index in [2.05, 4.69) is 4.99 Å². The monoisotopic (exact) mass is 285 g/mol. The third-order valence-corrected chi connectivity index (χ3v) is 3.65. The summed E-state index contributed by atoms with van der Waals surface area (Å²) in [7, 11) is 0. The average Bonchev–Trinajstić information content (AvgIpc) is 2.85. The maximum atomic E-state index is 13.5. The van der Waals surface area contributed by atoms with Gasteiger partial charge < -0.3 is 15.7 Å². The fourth-order valence-corrected chi connectivity index (χ4v) is 2.52. The molecule has 21 heavy (non-hydrogen) atoms. The van der Waals surface area contributed by atoms with Crippen molar-refractivity contribution in [3.63, 3.8) is 0 Å². The molecule has 1 unspecified atom stereocenters. The Morgan fingerprint density at radius 2 is 2.00 bits per heavy atom. The Balaban J connectivity index is 1.86. The molecule has 0 aromatic heterocycles. The van der Waals surface area contributed by atoms with Gasteiger partial charge in [0.2, 0.25) is 0 Å². The lowest BCUT2D eigenvalue weighted by Crippen LogP contribution is -2.35. The molecule has 3 N–H and O–H groups in total. The summed E-state index contributed by atoms with van der Waals surface area (Å²) in [6, 6.07) is 14.2. The first kappa shape index (κ1) is 13.4. The smallest absolute Gasteiger partial charge is 0.192 e. The van der Waals surface area contributed by atoms with E-state index in [1.54, 1.807) is 6.07 Å². The van der Waals surface area contributed by atoms with Crippen LogP contribution >= 0.6 is 0 Å². The van der Waals surface area contributed by atoms with E-state index in [1.165, 1.54) is 12.1 Å². The van der Waals surface area contributed by atoms with E-state index in [-0.39, 0.29) is 11.8 Å². The second-order valence-electron chi connectivity index (χ2n) is 5.04. The number of halogens is 1. The fourth-order valence-electron chi connectivity index (χ4n) is 2.52. The molecular formula is C16H16FN3O. The lowest BCUT2D eigenvalue weighted by Gasteiger charge is -2.26. The Kier molecular flexibility index (Phi) is 3.48. The van der Waals surface area contributed by atoms with Crippen molar-refractivity contribution in [3.05, 3.63) is 65.5 Å². The zero-order valence-corrected chi connectivity index (χ0v) is 11.4. The number of phenols is 1. The number of nitrogens with zero attached hydrogens (tertiary/aromatic N) is 2. The van der Waals surface area contributed by atoms with Crippen molar-refractivity contribution in [1.82, 2.24) is 4.90 Å². The second kappa shape index (κ2) is 5.44. The number of aliphatic imine (C=N–C) groups is 1. The Morgan fingerprint density at radius 3 is 2.71 bits per heavy atom. The topological polar surface area (TPSA) is 61.9 Å². The van der Waals surface area contributed by atoms with Gasteiger partial charge in [0.25, 0.3) is 0 Å². The minimum Gasteiger partial charge on any atom is -0.505 e. The predicted molar refractivity (Wildman–Crippen MR) is 79.3 cm³/mol. The van der Waals surface area contributed by atoms with Crippen LogP contribution in [0.5, 0.6) is 5.75 Å². The van der Waals surface area contributed by atoms with Crippen molar-refractivity contribution >= 4 is 5.96 Å². The van der Waals surface area contributed by atoms with E-state index in [0.717, 1.165) is 11.1 Å². The molecule has 2 aromatic carbocycles. The zero-order valence-electron chi connectivity index (χ0n) is 11.4. The zero-order chi connectivity index (χ0) is 14.8. The summed E-state index contributed by atoms with van der Waals surface area (Å²) in [5.41, 5.74) is 7.82. The van der Waals surface area contributed by atoms with Gasteiger partial charge in [-0.3, -0.25) is 4.99 Å². The summed E-state index contributed by atoms with van der Waals surface area (Å²) in [6.07, 6.45) is 0. The van der Waals surface area contributed by atoms with E-state index >= 15 is 0 Å². The molecule has 2 aromatic rings. The highest BCUT2D eigenvalue weighted by Crippen LogP contribution is 2.29. The third kappa shape index (κ3) is 2.67. The number of benzene rings is 2. The molecule has 4 nitrogen and oxygen atoms in total. The molecular weight excluding hydrogens is 269 g/mol. The molecule has 0 fully saturated rings. The Morgan fingerprint density at radius 1 is 1.24 bits per heavy atom. The highest BCUT2D eigenvalue weighted by atomic mass is 19.1. The van der Waals surface area contributed by atoms with Crippen molar-refractivity contribution < 1.29 is 9.50 Å². The molecule has 5 heteroatoms. The molecule has 0 saturated carbocycles. The molecule has 0 aliphatic carbocycles. The first-order valence-corrected chi connectivity index (χ1v) is 6.74. The normalized spacial score (nSPS) is 17.9. The van der Waals surface area contributed by atoms with Gasteiger partial charge in [0.15, 0.2) is 17.5 Å². The number of rotatable bonds is 3. The molecule has 0 spiro atoms. The Bertz CT molecular complexity index is 672. The second-order valence-corrected chi connectivity index (χ2v) is 5.04. The molecule has 1 atom stereocenters. The van der Waals surface area contributed by atoms with E-state index in [0.29, 0.717) is 19.0 Å². The SMILES string of the molecule is NC1=NCC(c2ccc(O)c(F)c2)N1Cc1ccccc1. The van der Waals surface area contributed by atoms with Crippen LogP contribution in [0.15, 0.2) is 53.5 Å². The van der Waals surface area contributed by atoms with Crippen LogP contribution in [0.4, 0.5) is 4.39 Å². The summed E-state index contributed by atoms with van der Waals surface area (Å²) in [6.45, 7) is 1.10. The highest BCUT2D eigenvalue weighted by Gasteiger charge is 2.28. The summed E-state index contributed by atoms with van der Waals surface area (Å²) in [4.78, 5) is 6.20. The van der Waals surface area contributed by atoms with Crippen LogP contribution in [0.3, 0.4) is 0 Å². The van der Waals surface area contributed by atoms with Gasteiger partial charge in [0.1, 0.15) is 0 Å². The number of guanidine groups is 1. The minimum absolute atomic E-state index is 0.111. The summed E-state index contributed by atoms with van der Waals surface area (Å²) in [5, 5.41) is 9.30. The Hall–Kier alpha value is -2.56. The van der Waals surface area contributed by atoms with Crippen molar-refractivity contribution in [2.24, 2.45) is 10.7 Å². The molecule has 108 valence electrons. The molecule has 1 aliphatic heterocycles. The lowest BCUT2D eigenvalue weighted by molar-refractivity contribution is 0.338. The third-order valence-electron chi connectivity index (χ3n) is 3.65. The molecule has 0 radical (unpaired) electrons. The molecule has 1 heterocycles. The van der Waals surface area contributed by atoms with Gasteiger partial charge in [0, 0.05) is 6.54 Å². The van der Waals surface area contributed by atoms with Gasteiger partial charge in [-0.1, -0.05) is 36.4 Å². The number of hydrogen-bond acceptors (Lipinski definition) is 4. The summed E-state index contributed by atoms with van der Waals surface area (Å²) >= 11 is 0. The lowest BCUT2D eigenvalue weighted by atomic mass is 10.0. The summed E-state index contributed by atoms with van der Waals surface area (Å²) < 4.78 is 13.5. The number of nitrogens with two attached hydrogens (primary N) is 1. The first-order chi connectivity index (χ1) is 10.1. The van der Waals surface area contributed by atoms with Crippen LogP contribution in [0.25, 0.3) is 0 Å². The fraction of sp³-hybridized carbons (Fsp3) is 0.188. The summed E-state index contributed by atoms with van der Waals surface area (Å²) in [5.74, 6) is -0.518.